The van der Waals surface area contributed by atoms with Crippen molar-refractivity contribution >= 4 is 27.3 Å². The molecular formula is C10H14N2O4S2. The van der Waals surface area contributed by atoms with Gasteiger partial charge in [0.1, 0.15) is 4.21 Å². The number of primary sulfonamides is 1. The van der Waals surface area contributed by atoms with Crippen molar-refractivity contribution in [1.29, 1.82) is 0 Å². The minimum Gasteiger partial charge on any atom is -0.381 e. The smallest absolute Gasteiger partial charge is 0.247 e. The van der Waals surface area contributed by atoms with Gasteiger partial charge in [-0.2, -0.15) is 0 Å². The minimum absolute atomic E-state index is 0.0574. The SMILES string of the molecule is NS(=O)(=O)c1ccc(CNC(=O)C2CCOC2)s1. The number of hydrogen-bond acceptors (Lipinski definition) is 5. The molecule has 3 N–H and O–H groups in total. The zero-order valence-corrected chi connectivity index (χ0v) is 11.2. The van der Waals surface area contributed by atoms with Crippen molar-refractivity contribution in [3.05, 3.63) is 17.0 Å². The molecule has 2 rings (SSSR count). The van der Waals surface area contributed by atoms with E-state index in [0.717, 1.165) is 22.6 Å². The molecule has 0 aromatic carbocycles. The highest BCUT2D eigenvalue weighted by Gasteiger charge is 2.23. The largest absolute Gasteiger partial charge is 0.381 e. The number of sulfonamides is 1. The van der Waals surface area contributed by atoms with Crippen LogP contribution in [-0.4, -0.2) is 27.5 Å². The van der Waals surface area contributed by atoms with Gasteiger partial charge in [0.15, 0.2) is 0 Å². The summed E-state index contributed by atoms with van der Waals surface area (Å²) in [6.45, 7) is 1.39. The third-order valence-corrected chi connectivity index (χ3v) is 5.18. The van der Waals surface area contributed by atoms with Gasteiger partial charge in [0.2, 0.25) is 15.9 Å². The lowest BCUT2D eigenvalue weighted by Gasteiger charge is -2.07. The Morgan fingerprint density at radius 1 is 1.56 bits per heavy atom. The van der Waals surface area contributed by atoms with Crippen LogP contribution in [0.5, 0.6) is 0 Å². The summed E-state index contributed by atoms with van der Waals surface area (Å²) < 4.78 is 27.4. The van der Waals surface area contributed by atoms with Gasteiger partial charge in [-0.05, 0) is 18.6 Å². The van der Waals surface area contributed by atoms with Crippen molar-refractivity contribution < 1.29 is 17.9 Å². The predicted octanol–water partition coefficient (Wildman–Crippen LogP) is 0.0482. The Kier molecular flexibility index (Phi) is 4.00. The van der Waals surface area contributed by atoms with Crippen LogP contribution in [0.3, 0.4) is 0 Å². The topological polar surface area (TPSA) is 98.5 Å². The van der Waals surface area contributed by atoms with E-state index in [9.17, 15) is 13.2 Å². The number of rotatable bonds is 4. The van der Waals surface area contributed by atoms with Gasteiger partial charge in [-0.25, -0.2) is 13.6 Å². The minimum atomic E-state index is -3.65. The van der Waals surface area contributed by atoms with Crippen LogP contribution >= 0.6 is 11.3 Å². The molecule has 1 aromatic rings. The van der Waals surface area contributed by atoms with Gasteiger partial charge >= 0.3 is 0 Å². The summed E-state index contributed by atoms with van der Waals surface area (Å²) in [6.07, 6.45) is 0.735. The third-order valence-electron chi connectivity index (χ3n) is 2.65. The zero-order valence-electron chi connectivity index (χ0n) is 9.59. The molecule has 100 valence electrons. The maximum absolute atomic E-state index is 11.7. The van der Waals surface area contributed by atoms with E-state index in [-0.39, 0.29) is 16.0 Å². The summed E-state index contributed by atoms with van der Waals surface area (Å²) >= 11 is 1.07. The summed E-state index contributed by atoms with van der Waals surface area (Å²) in [5.74, 6) is -0.152. The highest BCUT2D eigenvalue weighted by molar-refractivity contribution is 7.91. The van der Waals surface area contributed by atoms with Crippen molar-refractivity contribution in [3.8, 4) is 0 Å². The second kappa shape index (κ2) is 5.35. The van der Waals surface area contributed by atoms with E-state index >= 15 is 0 Å². The molecule has 1 aromatic heterocycles. The van der Waals surface area contributed by atoms with Gasteiger partial charge in [-0.1, -0.05) is 0 Å². The molecule has 2 heterocycles. The summed E-state index contributed by atoms with van der Waals surface area (Å²) in [5, 5.41) is 7.77. The molecule has 18 heavy (non-hydrogen) atoms. The fourth-order valence-corrected chi connectivity index (χ4v) is 3.38. The monoisotopic (exact) mass is 290 g/mol. The molecule has 0 bridgehead atoms. The fourth-order valence-electron chi connectivity index (χ4n) is 1.67. The van der Waals surface area contributed by atoms with E-state index in [1.54, 1.807) is 6.07 Å². The highest BCUT2D eigenvalue weighted by atomic mass is 32.2. The first kappa shape index (κ1) is 13.5. The van der Waals surface area contributed by atoms with Gasteiger partial charge in [0.25, 0.3) is 0 Å². The van der Waals surface area contributed by atoms with Gasteiger partial charge in [-0.3, -0.25) is 4.79 Å². The summed E-state index contributed by atoms with van der Waals surface area (Å²) in [7, 11) is -3.65. The number of ether oxygens (including phenoxy) is 1. The van der Waals surface area contributed by atoms with Crippen molar-refractivity contribution in [3.63, 3.8) is 0 Å². The maximum Gasteiger partial charge on any atom is 0.247 e. The van der Waals surface area contributed by atoms with Crippen LogP contribution < -0.4 is 10.5 Å². The fraction of sp³-hybridized carbons (Fsp3) is 0.500. The molecule has 1 saturated heterocycles. The number of nitrogens with one attached hydrogen (secondary N) is 1. The predicted molar refractivity (Wildman–Crippen MR) is 66.5 cm³/mol. The third kappa shape index (κ3) is 3.29. The van der Waals surface area contributed by atoms with Crippen LogP contribution in [0.15, 0.2) is 16.3 Å². The van der Waals surface area contributed by atoms with Crippen molar-refractivity contribution in [1.82, 2.24) is 5.32 Å². The molecular weight excluding hydrogens is 276 g/mol. The lowest BCUT2D eigenvalue weighted by Crippen LogP contribution is -2.30. The average Bonchev–Trinajstić information content (AvgIpc) is 2.96. The van der Waals surface area contributed by atoms with Crippen LogP contribution in [0, 0.1) is 5.92 Å². The summed E-state index contributed by atoms with van der Waals surface area (Å²) in [6, 6.07) is 3.09. The first-order chi connectivity index (χ1) is 8.47. The number of nitrogens with two attached hydrogens (primary N) is 1. The molecule has 6 nitrogen and oxygen atoms in total. The van der Waals surface area contributed by atoms with Crippen LogP contribution in [0.2, 0.25) is 0 Å². The summed E-state index contributed by atoms with van der Waals surface area (Å²) in [5.41, 5.74) is 0. The van der Waals surface area contributed by atoms with E-state index in [1.807, 2.05) is 0 Å². The van der Waals surface area contributed by atoms with Crippen LogP contribution in [-0.2, 0) is 26.1 Å². The van der Waals surface area contributed by atoms with E-state index < -0.39 is 10.0 Å². The lowest BCUT2D eigenvalue weighted by atomic mass is 10.1. The number of carbonyl (C=O) groups is 1. The molecule has 0 radical (unpaired) electrons. The van der Waals surface area contributed by atoms with E-state index in [0.29, 0.717) is 19.8 Å². The van der Waals surface area contributed by atoms with Crippen molar-refractivity contribution in [2.24, 2.45) is 11.1 Å². The number of thiophene rings is 1. The molecule has 8 heteroatoms. The van der Waals surface area contributed by atoms with Crippen molar-refractivity contribution in [2.75, 3.05) is 13.2 Å². The summed E-state index contributed by atoms with van der Waals surface area (Å²) in [4.78, 5) is 12.4. The molecule has 1 fully saturated rings. The molecule has 0 spiro atoms. The molecule has 0 saturated carbocycles. The Hall–Kier alpha value is -0.960. The van der Waals surface area contributed by atoms with Gasteiger partial charge in [-0.15, -0.1) is 11.3 Å². The van der Waals surface area contributed by atoms with E-state index in [2.05, 4.69) is 5.32 Å². The Balaban J connectivity index is 1.90. The Morgan fingerprint density at radius 3 is 2.89 bits per heavy atom. The second-order valence-electron chi connectivity index (χ2n) is 4.04. The van der Waals surface area contributed by atoms with Crippen molar-refractivity contribution in [2.45, 2.75) is 17.2 Å². The number of amides is 1. The molecule has 1 aliphatic heterocycles. The van der Waals surface area contributed by atoms with E-state index in [4.69, 9.17) is 9.88 Å². The quantitative estimate of drug-likeness (QED) is 0.818. The Labute approximate surface area is 109 Å². The number of hydrogen-bond donors (Lipinski definition) is 2. The Morgan fingerprint density at radius 2 is 2.33 bits per heavy atom. The zero-order chi connectivity index (χ0) is 13.2. The normalized spacial score (nSPS) is 19.9. The first-order valence-corrected chi connectivity index (χ1v) is 7.80. The Bertz CT molecular complexity index is 532. The van der Waals surface area contributed by atoms with Crippen LogP contribution in [0.4, 0.5) is 0 Å². The van der Waals surface area contributed by atoms with Gasteiger partial charge in [0, 0.05) is 11.5 Å². The standard InChI is InChI=1S/C10H14N2O4S2/c11-18(14,15)9-2-1-8(17-9)5-12-10(13)7-3-4-16-6-7/h1-2,7H,3-6H2,(H,12,13)(H2,11,14,15). The highest BCUT2D eigenvalue weighted by Crippen LogP contribution is 2.20. The van der Waals surface area contributed by atoms with Crippen LogP contribution in [0.1, 0.15) is 11.3 Å². The van der Waals surface area contributed by atoms with Gasteiger partial charge in [0.05, 0.1) is 19.1 Å². The molecule has 1 unspecified atom stereocenters. The maximum atomic E-state index is 11.7. The average molecular weight is 290 g/mol. The molecule has 1 atom stereocenters. The number of carbonyl (C=O) groups excluding carboxylic acids is 1. The van der Waals surface area contributed by atoms with Gasteiger partial charge < -0.3 is 10.1 Å². The van der Waals surface area contributed by atoms with Crippen LogP contribution in [0.25, 0.3) is 0 Å². The molecule has 1 aliphatic rings. The first-order valence-electron chi connectivity index (χ1n) is 5.44. The van der Waals surface area contributed by atoms with E-state index in [1.165, 1.54) is 6.07 Å². The second-order valence-corrected chi connectivity index (χ2v) is 7.00. The molecule has 1 amide bonds. The molecule has 0 aliphatic carbocycles. The lowest BCUT2D eigenvalue weighted by molar-refractivity contribution is -0.125.